The number of nitrogens with two attached hydrogens (primary N) is 1. The zero-order valence-electron chi connectivity index (χ0n) is 12.1. The van der Waals surface area contributed by atoms with Gasteiger partial charge >= 0.3 is 5.97 Å². The number of imidazole rings is 1. The Morgan fingerprint density at radius 2 is 2.32 bits per heavy atom. The molecule has 0 radical (unpaired) electrons. The maximum Gasteiger partial charge on any atom is 0.307 e. The number of nitrogens with zero attached hydrogens (tertiary/aromatic N) is 3. The molecule has 0 aliphatic rings. The lowest BCUT2D eigenvalue weighted by molar-refractivity contribution is -0.184. The normalized spacial score (nSPS) is 14.0. The number of carbonyl (C=O) groups excluding carboxylic acids is 1. The molecule has 4 N–H and O–H groups in total. The fraction of sp³-hybridized carbons (Fsp3) is 0.500. The van der Waals surface area contributed by atoms with Crippen LogP contribution in [0, 0.1) is 0 Å². The van der Waals surface area contributed by atoms with E-state index in [1.54, 1.807) is 6.92 Å². The van der Waals surface area contributed by atoms with Crippen LogP contribution in [-0.4, -0.2) is 50.6 Å². The number of aliphatic hydroxyl groups is 1. The number of hydrogen-bond acceptors (Lipinski definition) is 8. The summed E-state index contributed by atoms with van der Waals surface area (Å²) in [5.41, 5.74) is 5.24. The number of fused-ring (bicyclic) bond motifs is 1. The maximum atomic E-state index is 11.8. The minimum absolute atomic E-state index is 0.0596. The van der Waals surface area contributed by atoms with Gasteiger partial charge in [-0.1, -0.05) is 6.92 Å². The summed E-state index contributed by atoms with van der Waals surface area (Å²) in [6, 6.07) is -0.820. The monoisotopic (exact) mass is 311 g/mol. The van der Waals surface area contributed by atoms with Crippen molar-refractivity contribution in [2.75, 3.05) is 19.5 Å². The number of H-pyrrole nitrogens is 1. The fourth-order valence-electron chi connectivity index (χ4n) is 1.99. The molecule has 0 aromatic carbocycles. The average molecular weight is 311 g/mol. The van der Waals surface area contributed by atoms with Gasteiger partial charge in [0, 0.05) is 13.5 Å². The topological polar surface area (TPSA) is 145 Å². The molecule has 2 atom stereocenters. The Kier molecular flexibility index (Phi) is 4.73. The number of anilines is 1. The lowest BCUT2D eigenvalue weighted by Gasteiger charge is -2.25. The van der Waals surface area contributed by atoms with Gasteiger partial charge in [-0.3, -0.25) is 14.6 Å². The van der Waals surface area contributed by atoms with Gasteiger partial charge in [0.25, 0.3) is 5.56 Å². The molecule has 2 aromatic rings. The van der Waals surface area contributed by atoms with Gasteiger partial charge in [-0.25, -0.2) is 4.98 Å². The van der Waals surface area contributed by atoms with Crippen molar-refractivity contribution >= 4 is 23.1 Å². The SMILES string of the molecule is CCC(=O)OC(OC)C(CO)n1cnc2c(=O)[nH]c(N)nc21. The third-order valence-corrected chi connectivity index (χ3v) is 3.08. The Bertz CT molecular complexity index is 724. The molecule has 10 nitrogen and oxygen atoms in total. The van der Waals surface area contributed by atoms with Crippen LogP contribution in [0.5, 0.6) is 0 Å². The molecule has 0 aliphatic heterocycles. The number of hydrogen-bond donors (Lipinski definition) is 3. The Hall–Kier alpha value is -2.46. The number of aromatic amines is 1. The Labute approximate surface area is 124 Å². The van der Waals surface area contributed by atoms with Gasteiger partial charge in [0.2, 0.25) is 12.2 Å². The first-order valence-electron chi connectivity index (χ1n) is 6.57. The number of carbonyl (C=O) groups is 1. The smallest absolute Gasteiger partial charge is 0.307 e. The summed E-state index contributed by atoms with van der Waals surface area (Å²) in [4.78, 5) is 33.5. The van der Waals surface area contributed by atoms with Gasteiger partial charge in [0.1, 0.15) is 6.04 Å². The molecule has 0 bridgehead atoms. The third kappa shape index (κ3) is 2.92. The average Bonchev–Trinajstić information content (AvgIpc) is 2.90. The molecule has 0 fully saturated rings. The van der Waals surface area contributed by atoms with Crippen molar-refractivity contribution in [3.05, 3.63) is 16.7 Å². The minimum atomic E-state index is -1.06. The molecule has 10 heteroatoms. The number of rotatable bonds is 6. The maximum absolute atomic E-state index is 11.8. The largest absolute Gasteiger partial charge is 0.433 e. The first-order chi connectivity index (χ1) is 10.5. The van der Waals surface area contributed by atoms with E-state index in [1.807, 2.05) is 0 Å². The van der Waals surface area contributed by atoms with E-state index in [9.17, 15) is 14.7 Å². The number of esters is 1. The van der Waals surface area contributed by atoms with Gasteiger partial charge in [-0.15, -0.1) is 0 Å². The molecule has 22 heavy (non-hydrogen) atoms. The van der Waals surface area contributed by atoms with Crippen molar-refractivity contribution in [2.24, 2.45) is 0 Å². The highest BCUT2D eigenvalue weighted by Crippen LogP contribution is 2.20. The van der Waals surface area contributed by atoms with Crippen LogP contribution in [0.3, 0.4) is 0 Å². The van der Waals surface area contributed by atoms with Crippen LogP contribution in [0.25, 0.3) is 11.2 Å². The standard InChI is InChI=1S/C12H17N5O5/c1-3-7(19)22-11(21-2)6(4-18)17-5-14-8-9(17)15-12(13)16-10(8)20/h5-6,11,18H,3-4H2,1-2H3,(H3,13,15,16,20). The van der Waals surface area contributed by atoms with Gasteiger partial charge in [0.05, 0.1) is 12.9 Å². The molecule has 0 saturated carbocycles. The number of aromatic nitrogens is 4. The molecule has 2 heterocycles. The molecule has 0 saturated heterocycles. The number of methoxy groups -OCH3 is 1. The van der Waals surface area contributed by atoms with Crippen LogP contribution in [0.4, 0.5) is 5.95 Å². The molecule has 2 aromatic heterocycles. The first-order valence-corrected chi connectivity index (χ1v) is 6.57. The predicted octanol–water partition coefficient (Wildman–Crippen LogP) is -0.839. The number of nitrogen functional groups attached to an aromatic ring is 1. The van der Waals surface area contributed by atoms with Crippen LogP contribution >= 0.6 is 0 Å². The summed E-state index contributed by atoms with van der Waals surface area (Å²) >= 11 is 0. The molecule has 0 amide bonds. The van der Waals surface area contributed by atoms with Gasteiger partial charge < -0.3 is 24.9 Å². The van der Waals surface area contributed by atoms with Gasteiger partial charge in [-0.05, 0) is 0 Å². The van der Waals surface area contributed by atoms with Crippen molar-refractivity contribution in [1.82, 2.24) is 19.5 Å². The summed E-state index contributed by atoms with van der Waals surface area (Å²) in [6.07, 6.45) is 0.407. The zero-order valence-corrected chi connectivity index (χ0v) is 12.1. The van der Waals surface area contributed by atoms with E-state index in [4.69, 9.17) is 15.2 Å². The van der Waals surface area contributed by atoms with E-state index in [-0.39, 0.29) is 23.5 Å². The predicted molar refractivity (Wildman–Crippen MR) is 75.9 cm³/mol. The highest BCUT2D eigenvalue weighted by atomic mass is 16.7. The molecule has 0 aliphatic carbocycles. The quantitative estimate of drug-likeness (QED) is 0.462. The van der Waals surface area contributed by atoms with Crippen molar-refractivity contribution < 1.29 is 19.4 Å². The van der Waals surface area contributed by atoms with E-state index >= 15 is 0 Å². The fourth-order valence-corrected chi connectivity index (χ4v) is 1.99. The molecular formula is C12H17N5O5. The summed E-state index contributed by atoms with van der Waals surface area (Å²) in [7, 11) is 1.34. The highest BCUT2D eigenvalue weighted by Gasteiger charge is 2.28. The Morgan fingerprint density at radius 3 is 2.91 bits per heavy atom. The lowest BCUT2D eigenvalue weighted by atomic mass is 10.3. The minimum Gasteiger partial charge on any atom is -0.433 e. The Balaban J connectivity index is 2.46. The second kappa shape index (κ2) is 6.54. The van der Waals surface area contributed by atoms with Crippen LogP contribution in [0.1, 0.15) is 19.4 Å². The van der Waals surface area contributed by atoms with Gasteiger partial charge in [-0.2, -0.15) is 4.98 Å². The molecule has 120 valence electrons. The second-order valence-corrected chi connectivity index (χ2v) is 4.47. The summed E-state index contributed by atoms with van der Waals surface area (Å²) < 4.78 is 11.6. The van der Waals surface area contributed by atoms with Crippen molar-refractivity contribution in [2.45, 2.75) is 25.7 Å². The Morgan fingerprint density at radius 1 is 1.59 bits per heavy atom. The van der Waals surface area contributed by atoms with Crippen LogP contribution in [0.15, 0.2) is 11.1 Å². The zero-order chi connectivity index (χ0) is 16.3. The van der Waals surface area contributed by atoms with E-state index in [0.717, 1.165) is 0 Å². The van der Waals surface area contributed by atoms with E-state index < -0.39 is 30.5 Å². The lowest BCUT2D eigenvalue weighted by Crippen LogP contribution is -2.33. The van der Waals surface area contributed by atoms with Crippen molar-refractivity contribution in [1.29, 1.82) is 0 Å². The second-order valence-electron chi connectivity index (χ2n) is 4.47. The molecule has 0 spiro atoms. The van der Waals surface area contributed by atoms with Crippen LogP contribution in [-0.2, 0) is 14.3 Å². The van der Waals surface area contributed by atoms with Crippen molar-refractivity contribution in [3.63, 3.8) is 0 Å². The number of ether oxygens (including phenoxy) is 2. The van der Waals surface area contributed by atoms with Crippen LogP contribution < -0.4 is 11.3 Å². The highest BCUT2D eigenvalue weighted by molar-refractivity contribution is 5.71. The molecule has 2 unspecified atom stereocenters. The summed E-state index contributed by atoms with van der Waals surface area (Å²) in [5.74, 6) is -0.574. The van der Waals surface area contributed by atoms with E-state index in [0.29, 0.717) is 0 Å². The van der Waals surface area contributed by atoms with Gasteiger partial charge in [0.15, 0.2) is 11.2 Å². The van der Waals surface area contributed by atoms with E-state index in [1.165, 1.54) is 18.0 Å². The van der Waals surface area contributed by atoms with Crippen LogP contribution in [0.2, 0.25) is 0 Å². The summed E-state index contributed by atoms with van der Waals surface area (Å²) in [6.45, 7) is 1.22. The first kappa shape index (κ1) is 15.9. The number of nitrogens with one attached hydrogen (secondary N) is 1. The number of aliphatic hydroxyl groups excluding tert-OH is 1. The third-order valence-electron chi connectivity index (χ3n) is 3.08. The summed E-state index contributed by atoms with van der Waals surface area (Å²) in [5, 5.41) is 9.62. The molecular weight excluding hydrogens is 294 g/mol. The van der Waals surface area contributed by atoms with E-state index in [2.05, 4.69) is 15.0 Å². The molecule has 2 rings (SSSR count). The van der Waals surface area contributed by atoms with Crippen molar-refractivity contribution in [3.8, 4) is 0 Å².